The number of aliphatic hydroxyl groups excluding tert-OH is 1. The smallest absolute Gasteiger partial charge is 0.222 e. The maximum absolute atomic E-state index is 11.4. The molecule has 0 saturated heterocycles. The van der Waals surface area contributed by atoms with Crippen LogP contribution in [0, 0.1) is 5.92 Å². The summed E-state index contributed by atoms with van der Waals surface area (Å²) in [5.74, 6) is 0.429. The summed E-state index contributed by atoms with van der Waals surface area (Å²) in [6, 6.07) is 0. The lowest BCUT2D eigenvalue weighted by molar-refractivity contribution is -0.122. The molecule has 0 heterocycles. The molecule has 0 aromatic rings. The predicted molar refractivity (Wildman–Crippen MR) is 64.2 cm³/mol. The summed E-state index contributed by atoms with van der Waals surface area (Å²) in [6.07, 6.45) is 3.32. The Hall–Kier alpha value is -0.610. The van der Waals surface area contributed by atoms with Crippen molar-refractivity contribution in [2.24, 2.45) is 5.92 Å². The average Bonchev–Trinajstić information content (AvgIpc) is 2.27. The molecule has 2 N–H and O–H groups in total. The zero-order valence-electron chi connectivity index (χ0n) is 10.5. The number of amides is 1. The number of ether oxygens (including phenoxy) is 1. The van der Waals surface area contributed by atoms with Crippen LogP contribution in [0.5, 0.6) is 0 Å². The van der Waals surface area contributed by atoms with E-state index >= 15 is 0 Å². The van der Waals surface area contributed by atoms with E-state index in [1.165, 1.54) is 0 Å². The van der Waals surface area contributed by atoms with Gasteiger partial charge in [0.1, 0.15) is 0 Å². The van der Waals surface area contributed by atoms with Crippen LogP contribution >= 0.6 is 0 Å². The molecule has 4 heteroatoms. The molecule has 0 rings (SSSR count). The van der Waals surface area contributed by atoms with Gasteiger partial charge in [0.05, 0.1) is 6.61 Å². The van der Waals surface area contributed by atoms with Gasteiger partial charge in [0.15, 0.2) is 0 Å². The first-order valence-corrected chi connectivity index (χ1v) is 6.19. The van der Waals surface area contributed by atoms with E-state index in [1.807, 2.05) is 6.92 Å². The summed E-state index contributed by atoms with van der Waals surface area (Å²) < 4.78 is 5.11. The van der Waals surface area contributed by atoms with E-state index in [4.69, 9.17) is 9.84 Å². The van der Waals surface area contributed by atoms with Gasteiger partial charge in [0.2, 0.25) is 5.91 Å². The fraction of sp³-hybridized carbons (Fsp3) is 0.917. The highest BCUT2D eigenvalue weighted by Gasteiger charge is 2.08. The molecule has 1 unspecified atom stereocenters. The summed E-state index contributed by atoms with van der Waals surface area (Å²) in [7, 11) is 0. The number of rotatable bonds is 10. The highest BCUT2D eigenvalue weighted by atomic mass is 16.5. The molecule has 0 aliphatic carbocycles. The highest BCUT2D eigenvalue weighted by molar-refractivity contribution is 5.75. The summed E-state index contributed by atoms with van der Waals surface area (Å²) in [4.78, 5) is 11.4. The molecule has 0 fully saturated rings. The summed E-state index contributed by atoms with van der Waals surface area (Å²) in [5.41, 5.74) is 0. The number of hydrogen-bond donors (Lipinski definition) is 2. The molecule has 0 saturated carbocycles. The maximum Gasteiger partial charge on any atom is 0.222 e. The van der Waals surface area contributed by atoms with Crippen molar-refractivity contribution in [2.75, 3.05) is 26.4 Å². The van der Waals surface area contributed by atoms with Gasteiger partial charge in [-0.2, -0.15) is 0 Å². The van der Waals surface area contributed by atoms with Crippen molar-refractivity contribution >= 4 is 5.91 Å². The van der Waals surface area contributed by atoms with Crippen LogP contribution in [0.1, 0.15) is 39.5 Å². The van der Waals surface area contributed by atoms with Crippen molar-refractivity contribution in [3.8, 4) is 0 Å². The quantitative estimate of drug-likeness (QED) is 0.558. The van der Waals surface area contributed by atoms with E-state index in [-0.39, 0.29) is 12.5 Å². The zero-order valence-corrected chi connectivity index (χ0v) is 10.5. The van der Waals surface area contributed by atoms with Crippen LogP contribution in [0.25, 0.3) is 0 Å². The van der Waals surface area contributed by atoms with Crippen molar-refractivity contribution in [3.63, 3.8) is 0 Å². The second kappa shape index (κ2) is 10.9. The third kappa shape index (κ3) is 8.68. The van der Waals surface area contributed by atoms with Gasteiger partial charge in [-0.3, -0.25) is 4.79 Å². The first-order valence-electron chi connectivity index (χ1n) is 6.19. The molecule has 16 heavy (non-hydrogen) atoms. The van der Waals surface area contributed by atoms with Crippen molar-refractivity contribution < 1.29 is 14.6 Å². The molecule has 1 amide bonds. The first kappa shape index (κ1) is 15.4. The van der Waals surface area contributed by atoms with Crippen molar-refractivity contribution in [3.05, 3.63) is 0 Å². The highest BCUT2D eigenvalue weighted by Crippen LogP contribution is 2.09. The molecular weight excluding hydrogens is 206 g/mol. The van der Waals surface area contributed by atoms with E-state index in [0.717, 1.165) is 19.3 Å². The standard InChI is InChI=1S/C12H25NO3/c1-3-5-11(6-8-14)10-13-12(15)7-9-16-4-2/h11,14H,3-10H2,1-2H3,(H,13,15). The molecule has 0 spiro atoms. The molecule has 4 nitrogen and oxygen atoms in total. The summed E-state index contributed by atoms with van der Waals surface area (Å²) in [6.45, 7) is 6.02. The van der Waals surface area contributed by atoms with E-state index in [1.54, 1.807) is 0 Å². The van der Waals surface area contributed by atoms with Crippen molar-refractivity contribution in [2.45, 2.75) is 39.5 Å². The lowest BCUT2D eigenvalue weighted by Gasteiger charge is -2.15. The number of carbonyl (C=O) groups is 1. The van der Waals surface area contributed by atoms with Gasteiger partial charge in [-0.1, -0.05) is 13.3 Å². The molecule has 0 bridgehead atoms. The van der Waals surface area contributed by atoms with Gasteiger partial charge in [-0.25, -0.2) is 0 Å². The summed E-state index contributed by atoms with van der Waals surface area (Å²) >= 11 is 0. The largest absolute Gasteiger partial charge is 0.396 e. The van der Waals surface area contributed by atoms with Crippen LogP contribution < -0.4 is 5.32 Å². The Morgan fingerprint density at radius 1 is 1.38 bits per heavy atom. The molecule has 0 aliphatic heterocycles. The molecule has 0 aromatic carbocycles. The van der Waals surface area contributed by atoms with Crippen LogP contribution in [-0.2, 0) is 9.53 Å². The molecule has 1 atom stereocenters. The minimum atomic E-state index is 0.0347. The Labute approximate surface area is 98.4 Å². The molecule has 96 valence electrons. The lowest BCUT2D eigenvalue weighted by atomic mass is 10.0. The van der Waals surface area contributed by atoms with Gasteiger partial charge in [-0.15, -0.1) is 0 Å². The van der Waals surface area contributed by atoms with E-state index in [2.05, 4.69) is 12.2 Å². The topological polar surface area (TPSA) is 58.6 Å². The molecule has 0 aromatic heterocycles. The van der Waals surface area contributed by atoms with Gasteiger partial charge < -0.3 is 15.2 Å². The third-order valence-corrected chi connectivity index (χ3v) is 2.50. The van der Waals surface area contributed by atoms with E-state index in [9.17, 15) is 4.79 Å². The number of aliphatic hydroxyl groups is 1. The predicted octanol–water partition coefficient (Wildman–Crippen LogP) is 1.33. The molecular formula is C12H25NO3. The second-order valence-corrected chi connectivity index (χ2v) is 3.92. The van der Waals surface area contributed by atoms with E-state index in [0.29, 0.717) is 32.1 Å². The SMILES string of the molecule is CCCC(CCO)CNC(=O)CCOCC. The molecule has 0 aliphatic rings. The fourth-order valence-electron chi connectivity index (χ4n) is 1.60. The van der Waals surface area contributed by atoms with Crippen LogP contribution in [0.3, 0.4) is 0 Å². The van der Waals surface area contributed by atoms with Gasteiger partial charge in [0.25, 0.3) is 0 Å². The minimum absolute atomic E-state index is 0.0347. The Balaban J connectivity index is 3.60. The Bertz CT molecular complexity index is 168. The van der Waals surface area contributed by atoms with Crippen LogP contribution in [0.15, 0.2) is 0 Å². The van der Waals surface area contributed by atoms with E-state index < -0.39 is 0 Å². The van der Waals surface area contributed by atoms with Crippen molar-refractivity contribution in [1.82, 2.24) is 5.32 Å². The first-order chi connectivity index (χ1) is 7.74. The number of nitrogens with one attached hydrogen (secondary N) is 1. The lowest BCUT2D eigenvalue weighted by Crippen LogP contribution is -2.30. The minimum Gasteiger partial charge on any atom is -0.396 e. The third-order valence-electron chi connectivity index (χ3n) is 2.50. The zero-order chi connectivity index (χ0) is 12.2. The average molecular weight is 231 g/mol. The van der Waals surface area contributed by atoms with Gasteiger partial charge in [-0.05, 0) is 25.7 Å². The maximum atomic E-state index is 11.4. The number of hydrogen-bond acceptors (Lipinski definition) is 3. The van der Waals surface area contributed by atoms with Crippen LogP contribution in [0.2, 0.25) is 0 Å². The number of carbonyl (C=O) groups excluding carboxylic acids is 1. The van der Waals surface area contributed by atoms with Gasteiger partial charge in [0, 0.05) is 26.2 Å². The monoisotopic (exact) mass is 231 g/mol. The Kier molecular flexibility index (Phi) is 10.5. The normalized spacial score (nSPS) is 12.4. The molecule has 0 radical (unpaired) electrons. The van der Waals surface area contributed by atoms with Gasteiger partial charge >= 0.3 is 0 Å². The fourth-order valence-corrected chi connectivity index (χ4v) is 1.60. The summed E-state index contributed by atoms with van der Waals surface area (Å²) in [5, 5.41) is 11.8. The Morgan fingerprint density at radius 2 is 2.12 bits per heavy atom. The van der Waals surface area contributed by atoms with Crippen molar-refractivity contribution in [1.29, 1.82) is 0 Å². The Morgan fingerprint density at radius 3 is 2.69 bits per heavy atom. The second-order valence-electron chi connectivity index (χ2n) is 3.92. The van der Waals surface area contributed by atoms with Crippen LogP contribution in [-0.4, -0.2) is 37.4 Å². The van der Waals surface area contributed by atoms with Crippen LogP contribution in [0.4, 0.5) is 0 Å².